The third kappa shape index (κ3) is 3.68. The second kappa shape index (κ2) is 6.37. The lowest BCUT2D eigenvalue weighted by Gasteiger charge is -2.04. The van der Waals surface area contributed by atoms with E-state index >= 15 is 0 Å². The van der Waals surface area contributed by atoms with Crippen molar-refractivity contribution < 1.29 is 9.72 Å². The van der Waals surface area contributed by atoms with Crippen LogP contribution in [0.2, 0.25) is 0 Å². The molecule has 118 valence electrons. The number of nitro groups is 1. The molecule has 0 saturated carbocycles. The Kier molecular flexibility index (Phi) is 4.54. The summed E-state index contributed by atoms with van der Waals surface area (Å²) in [5, 5.41) is 21.8. The van der Waals surface area contributed by atoms with Gasteiger partial charge in [0.25, 0.3) is 0 Å². The molecule has 2 aromatic rings. The highest BCUT2D eigenvalue weighted by Gasteiger charge is 2.15. The molecule has 2 rings (SSSR count). The number of nitrogens with one attached hydrogen (secondary N) is 1. The van der Waals surface area contributed by atoms with Gasteiger partial charge >= 0.3 is 5.69 Å². The number of nitrogens with zero attached hydrogens (tertiary/aromatic N) is 5. The summed E-state index contributed by atoms with van der Waals surface area (Å²) in [5.74, 6) is -0.140. The molecule has 0 spiro atoms. The fourth-order valence-electron chi connectivity index (χ4n) is 2.12. The molecule has 0 bridgehead atoms. The topological polar surface area (TPSA) is 108 Å². The van der Waals surface area contributed by atoms with E-state index in [1.54, 1.807) is 11.6 Å². The number of carbonyl (C=O) groups is 1. The van der Waals surface area contributed by atoms with Gasteiger partial charge in [-0.05, 0) is 13.8 Å². The van der Waals surface area contributed by atoms with Crippen LogP contribution in [0.3, 0.4) is 0 Å². The Hall–Kier alpha value is -2.71. The van der Waals surface area contributed by atoms with Crippen molar-refractivity contribution in [2.24, 2.45) is 7.05 Å². The summed E-state index contributed by atoms with van der Waals surface area (Å²) in [6.45, 7) is 4.16. The van der Waals surface area contributed by atoms with E-state index in [0.29, 0.717) is 18.8 Å². The SMILES string of the molecule is Cc1nn(C)cc1CNC(=O)CCn1cc([N+](=O)[O-])c(C)n1. The normalized spacial score (nSPS) is 10.7. The zero-order valence-corrected chi connectivity index (χ0v) is 12.7. The van der Waals surface area contributed by atoms with Crippen molar-refractivity contribution in [1.82, 2.24) is 24.9 Å². The van der Waals surface area contributed by atoms with Gasteiger partial charge in [0.2, 0.25) is 5.91 Å². The largest absolute Gasteiger partial charge is 0.352 e. The molecule has 0 unspecified atom stereocenters. The highest BCUT2D eigenvalue weighted by atomic mass is 16.6. The predicted molar refractivity (Wildman–Crippen MR) is 78.0 cm³/mol. The molecule has 0 aromatic carbocycles. The second-order valence-corrected chi connectivity index (χ2v) is 5.06. The van der Waals surface area contributed by atoms with Gasteiger partial charge in [-0.2, -0.15) is 10.2 Å². The van der Waals surface area contributed by atoms with Gasteiger partial charge in [0, 0.05) is 38.3 Å². The Balaban J connectivity index is 1.84. The highest BCUT2D eigenvalue weighted by molar-refractivity contribution is 5.75. The molecule has 0 atom stereocenters. The number of rotatable bonds is 6. The zero-order chi connectivity index (χ0) is 16.3. The fourth-order valence-corrected chi connectivity index (χ4v) is 2.12. The number of hydrogen-bond donors (Lipinski definition) is 1. The predicted octanol–water partition coefficient (Wildman–Crippen LogP) is 0.848. The quantitative estimate of drug-likeness (QED) is 0.628. The average molecular weight is 306 g/mol. The second-order valence-electron chi connectivity index (χ2n) is 5.06. The Morgan fingerprint density at radius 3 is 2.59 bits per heavy atom. The Morgan fingerprint density at radius 2 is 2.05 bits per heavy atom. The van der Waals surface area contributed by atoms with Crippen molar-refractivity contribution >= 4 is 11.6 Å². The molecule has 0 saturated heterocycles. The zero-order valence-electron chi connectivity index (χ0n) is 12.7. The Bertz CT molecular complexity index is 703. The summed E-state index contributed by atoms with van der Waals surface area (Å²) in [5.41, 5.74) is 2.14. The number of carbonyl (C=O) groups excluding carboxylic acids is 1. The minimum absolute atomic E-state index is 0.0357. The van der Waals surface area contributed by atoms with E-state index in [4.69, 9.17) is 0 Å². The standard InChI is InChI=1S/C13H18N6O3/c1-9-11(7-17(3)15-9)6-14-13(20)4-5-18-8-12(19(21)22)10(2)16-18/h7-8H,4-6H2,1-3H3,(H,14,20). The van der Waals surface area contributed by atoms with Crippen LogP contribution in [0.25, 0.3) is 0 Å². The van der Waals surface area contributed by atoms with Crippen LogP contribution in [0.1, 0.15) is 23.4 Å². The average Bonchev–Trinajstić information content (AvgIpc) is 2.96. The number of hydrogen-bond acceptors (Lipinski definition) is 5. The monoisotopic (exact) mass is 306 g/mol. The summed E-state index contributed by atoms with van der Waals surface area (Å²) in [4.78, 5) is 22.1. The highest BCUT2D eigenvalue weighted by Crippen LogP contribution is 2.15. The molecular formula is C13H18N6O3. The number of aryl methyl sites for hydroxylation is 4. The van der Waals surface area contributed by atoms with E-state index in [0.717, 1.165) is 11.3 Å². The molecule has 2 aromatic heterocycles. The first kappa shape index (κ1) is 15.7. The van der Waals surface area contributed by atoms with E-state index in [-0.39, 0.29) is 18.0 Å². The molecule has 22 heavy (non-hydrogen) atoms. The van der Waals surface area contributed by atoms with Crippen molar-refractivity contribution in [1.29, 1.82) is 0 Å². The van der Waals surface area contributed by atoms with Crippen molar-refractivity contribution in [3.05, 3.63) is 39.5 Å². The van der Waals surface area contributed by atoms with E-state index in [2.05, 4.69) is 15.5 Å². The van der Waals surface area contributed by atoms with Crippen LogP contribution in [0.4, 0.5) is 5.69 Å². The Morgan fingerprint density at radius 1 is 1.32 bits per heavy atom. The van der Waals surface area contributed by atoms with Crippen LogP contribution in [-0.2, 0) is 24.9 Å². The van der Waals surface area contributed by atoms with Crippen LogP contribution < -0.4 is 5.32 Å². The van der Waals surface area contributed by atoms with E-state index in [9.17, 15) is 14.9 Å². The molecule has 0 aliphatic rings. The Labute approximate surface area is 127 Å². The van der Waals surface area contributed by atoms with Crippen LogP contribution in [0.15, 0.2) is 12.4 Å². The van der Waals surface area contributed by atoms with Crippen LogP contribution in [0.5, 0.6) is 0 Å². The summed E-state index contributed by atoms with van der Waals surface area (Å²) >= 11 is 0. The first-order valence-corrected chi connectivity index (χ1v) is 6.81. The molecule has 0 fully saturated rings. The first-order chi connectivity index (χ1) is 10.4. The van der Waals surface area contributed by atoms with Crippen molar-refractivity contribution in [3.8, 4) is 0 Å². The van der Waals surface area contributed by atoms with Crippen molar-refractivity contribution in [2.75, 3.05) is 0 Å². The van der Waals surface area contributed by atoms with Gasteiger partial charge in [-0.1, -0.05) is 0 Å². The van der Waals surface area contributed by atoms with Gasteiger partial charge in [0.15, 0.2) is 0 Å². The van der Waals surface area contributed by atoms with Gasteiger partial charge in [0.05, 0.1) is 10.6 Å². The number of amides is 1. The third-order valence-electron chi connectivity index (χ3n) is 3.28. The molecule has 0 aliphatic carbocycles. The van der Waals surface area contributed by atoms with Gasteiger partial charge in [-0.15, -0.1) is 0 Å². The third-order valence-corrected chi connectivity index (χ3v) is 3.28. The smallest absolute Gasteiger partial charge is 0.309 e. The molecule has 2 heterocycles. The van der Waals surface area contributed by atoms with E-state index in [1.807, 2.05) is 20.2 Å². The summed E-state index contributed by atoms with van der Waals surface area (Å²) < 4.78 is 3.12. The molecule has 0 aliphatic heterocycles. The van der Waals surface area contributed by atoms with Crippen LogP contribution in [-0.4, -0.2) is 30.4 Å². The number of aromatic nitrogens is 4. The van der Waals surface area contributed by atoms with E-state index < -0.39 is 4.92 Å². The fraction of sp³-hybridized carbons (Fsp3) is 0.462. The maximum Gasteiger partial charge on any atom is 0.309 e. The molecule has 0 radical (unpaired) electrons. The first-order valence-electron chi connectivity index (χ1n) is 6.81. The van der Waals surface area contributed by atoms with Crippen LogP contribution >= 0.6 is 0 Å². The van der Waals surface area contributed by atoms with E-state index in [1.165, 1.54) is 10.9 Å². The van der Waals surface area contributed by atoms with Crippen molar-refractivity contribution in [2.45, 2.75) is 33.4 Å². The maximum absolute atomic E-state index is 11.8. The van der Waals surface area contributed by atoms with Crippen molar-refractivity contribution in [3.63, 3.8) is 0 Å². The molecular weight excluding hydrogens is 288 g/mol. The van der Waals surface area contributed by atoms with Gasteiger partial charge in [-0.3, -0.25) is 24.3 Å². The summed E-state index contributed by atoms with van der Waals surface area (Å²) in [6.07, 6.45) is 3.40. The lowest BCUT2D eigenvalue weighted by atomic mass is 10.2. The maximum atomic E-state index is 11.8. The molecule has 9 nitrogen and oxygen atoms in total. The van der Waals surface area contributed by atoms with Crippen LogP contribution in [0, 0.1) is 24.0 Å². The lowest BCUT2D eigenvalue weighted by Crippen LogP contribution is -2.24. The minimum atomic E-state index is -0.482. The lowest BCUT2D eigenvalue weighted by molar-refractivity contribution is -0.385. The minimum Gasteiger partial charge on any atom is -0.352 e. The summed E-state index contributed by atoms with van der Waals surface area (Å²) in [7, 11) is 1.82. The summed E-state index contributed by atoms with van der Waals surface area (Å²) in [6, 6.07) is 0. The van der Waals surface area contributed by atoms with Gasteiger partial charge < -0.3 is 5.32 Å². The molecule has 1 amide bonds. The molecule has 1 N–H and O–H groups in total. The van der Waals surface area contributed by atoms with Gasteiger partial charge in [0.1, 0.15) is 11.9 Å². The molecule has 9 heteroatoms. The van der Waals surface area contributed by atoms with Gasteiger partial charge in [-0.25, -0.2) is 0 Å².